The molecule has 0 amide bonds. The molecule has 1 atom stereocenters. The van der Waals surface area contributed by atoms with Crippen LogP contribution in [0.2, 0.25) is 0 Å². The van der Waals surface area contributed by atoms with Crippen LogP contribution in [0.15, 0.2) is 0 Å². The molecule has 0 heterocycles. The molecule has 0 aliphatic heterocycles. The molecule has 1 unspecified atom stereocenters. The first-order chi connectivity index (χ1) is 6.72. The quantitative estimate of drug-likeness (QED) is 0.575. The van der Waals surface area contributed by atoms with Crippen molar-refractivity contribution in [3.8, 4) is 0 Å². The zero-order chi connectivity index (χ0) is 10.8. The van der Waals surface area contributed by atoms with Gasteiger partial charge in [-0.1, -0.05) is 52.4 Å². The topological polar surface area (TPSA) is 37.3 Å². The van der Waals surface area contributed by atoms with Gasteiger partial charge in [0.05, 0.1) is 5.92 Å². The molecule has 2 heteroatoms. The van der Waals surface area contributed by atoms with Crippen LogP contribution in [0.3, 0.4) is 0 Å². The van der Waals surface area contributed by atoms with Gasteiger partial charge in [-0.3, -0.25) is 4.79 Å². The molecule has 0 bridgehead atoms. The average molecular weight is 199 g/mol. The molecule has 83 valence electrons. The zero-order valence-electron chi connectivity index (χ0n) is 9.30. The van der Waals surface area contributed by atoms with Crippen molar-refractivity contribution in [1.29, 1.82) is 0 Å². The maximum atomic E-state index is 10.7. The van der Waals surface area contributed by atoms with Gasteiger partial charge in [0.15, 0.2) is 0 Å². The Labute approximate surface area is 87.7 Å². The molecular formula is C12H23O2. The minimum atomic E-state index is -0.687. The van der Waals surface area contributed by atoms with Gasteiger partial charge in [-0.2, -0.15) is 0 Å². The summed E-state index contributed by atoms with van der Waals surface area (Å²) >= 11 is 0. The summed E-state index contributed by atoms with van der Waals surface area (Å²) in [7, 11) is 0. The van der Waals surface area contributed by atoms with E-state index in [9.17, 15) is 4.79 Å². The van der Waals surface area contributed by atoms with Crippen molar-refractivity contribution in [1.82, 2.24) is 0 Å². The number of rotatable bonds is 9. The fourth-order valence-electron chi connectivity index (χ4n) is 1.56. The smallest absolute Gasteiger partial charge is 0.306 e. The first kappa shape index (κ1) is 13.5. The molecule has 0 fully saturated rings. The van der Waals surface area contributed by atoms with Crippen molar-refractivity contribution in [3.05, 3.63) is 6.92 Å². The number of hydrogen-bond acceptors (Lipinski definition) is 1. The number of carboxylic acid groups (broad SMARTS) is 1. The van der Waals surface area contributed by atoms with Crippen LogP contribution >= 0.6 is 0 Å². The third kappa shape index (κ3) is 6.93. The Morgan fingerprint density at radius 3 is 2.29 bits per heavy atom. The standard InChI is InChI=1S/C12H23O2/c1-3-5-6-7-8-9-10-11(4-2)12(13)14/h11H,2-10H2,1H3,(H,13,14). The largest absolute Gasteiger partial charge is 0.481 e. The Bertz CT molecular complexity index is 143. The second-order valence-corrected chi connectivity index (χ2v) is 3.88. The molecule has 0 saturated carbocycles. The van der Waals surface area contributed by atoms with Gasteiger partial charge in [-0.05, 0) is 12.8 Å². The molecule has 0 aliphatic carbocycles. The number of carbonyl (C=O) groups is 1. The summed E-state index contributed by atoms with van der Waals surface area (Å²) in [4.78, 5) is 10.7. The Morgan fingerprint density at radius 1 is 1.21 bits per heavy atom. The molecule has 0 aromatic rings. The van der Waals surface area contributed by atoms with Crippen LogP contribution in [0, 0.1) is 12.8 Å². The third-order valence-corrected chi connectivity index (χ3v) is 2.60. The van der Waals surface area contributed by atoms with Crippen LogP contribution in [-0.4, -0.2) is 11.1 Å². The Balaban J connectivity index is 3.29. The average Bonchev–Trinajstić information content (AvgIpc) is 2.16. The maximum absolute atomic E-state index is 10.7. The van der Waals surface area contributed by atoms with Gasteiger partial charge in [0, 0.05) is 0 Å². The van der Waals surface area contributed by atoms with Crippen molar-refractivity contribution in [3.63, 3.8) is 0 Å². The lowest BCUT2D eigenvalue weighted by molar-refractivity contribution is -0.141. The highest BCUT2D eigenvalue weighted by Gasteiger charge is 2.13. The molecule has 14 heavy (non-hydrogen) atoms. The normalized spacial score (nSPS) is 12.7. The highest BCUT2D eigenvalue weighted by Crippen LogP contribution is 2.14. The van der Waals surface area contributed by atoms with Crippen LogP contribution in [0.5, 0.6) is 0 Å². The monoisotopic (exact) mass is 199 g/mol. The van der Waals surface area contributed by atoms with E-state index in [1.807, 2.05) is 0 Å². The molecule has 1 radical (unpaired) electrons. The van der Waals surface area contributed by atoms with Gasteiger partial charge >= 0.3 is 5.97 Å². The fourth-order valence-corrected chi connectivity index (χ4v) is 1.56. The highest BCUT2D eigenvalue weighted by atomic mass is 16.4. The summed E-state index contributed by atoms with van der Waals surface area (Å²) in [6, 6.07) is 0. The lowest BCUT2D eigenvalue weighted by Crippen LogP contribution is -2.12. The SMILES string of the molecule is [CH2]CC(CCCCCCCC)C(=O)O. The second kappa shape index (κ2) is 9.04. The first-order valence-electron chi connectivity index (χ1n) is 5.74. The Hall–Kier alpha value is -0.530. The number of aliphatic carboxylic acids is 1. The van der Waals surface area contributed by atoms with E-state index >= 15 is 0 Å². The molecule has 0 aliphatic rings. The summed E-state index contributed by atoms with van der Waals surface area (Å²) < 4.78 is 0. The lowest BCUT2D eigenvalue weighted by Gasteiger charge is -2.08. The molecule has 0 aromatic carbocycles. The van der Waals surface area contributed by atoms with Crippen LogP contribution in [0.1, 0.15) is 58.3 Å². The molecule has 0 aromatic heterocycles. The number of hydrogen-bond donors (Lipinski definition) is 1. The van der Waals surface area contributed by atoms with Gasteiger partial charge in [-0.25, -0.2) is 0 Å². The molecule has 0 saturated heterocycles. The number of unbranched alkanes of at least 4 members (excludes halogenated alkanes) is 5. The Morgan fingerprint density at radius 2 is 1.79 bits per heavy atom. The van der Waals surface area contributed by atoms with E-state index in [2.05, 4.69) is 13.8 Å². The van der Waals surface area contributed by atoms with Crippen LogP contribution < -0.4 is 0 Å². The van der Waals surface area contributed by atoms with Gasteiger partial charge in [0.2, 0.25) is 0 Å². The van der Waals surface area contributed by atoms with E-state index in [-0.39, 0.29) is 5.92 Å². The maximum Gasteiger partial charge on any atom is 0.306 e. The third-order valence-electron chi connectivity index (χ3n) is 2.60. The second-order valence-electron chi connectivity index (χ2n) is 3.88. The first-order valence-corrected chi connectivity index (χ1v) is 5.74. The molecule has 1 N–H and O–H groups in total. The molecule has 0 rings (SSSR count). The van der Waals surface area contributed by atoms with Crippen molar-refractivity contribution in [2.75, 3.05) is 0 Å². The summed E-state index contributed by atoms with van der Waals surface area (Å²) in [5.41, 5.74) is 0. The van der Waals surface area contributed by atoms with Crippen LogP contribution in [0.4, 0.5) is 0 Å². The summed E-state index contributed by atoms with van der Waals surface area (Å²) in [6.45, 7) is 5.85. The fraction of sp³-hybridized carbons (Fsp3) is 0.833. The summed E-state index contributed by atoms with van der Waals surface area (Å²) in [5.74, 6) is -0.908. The van der Waals surface area contributed by atoms with Crippen molar-refractivity contribution < 1.29 is 9.90 Å². The van der Waals surface area contributed by atoms with Gasteiger partial charge in [0.1, 0.15) is 0 Å². The van der Waals surface area contributed by atoms with Gasteiger partial charge < -0.3 is 5.11 Å². The number of carboxylic acids is 1. The van der Waals surface area contributed by atoms with E-state index in [1.165, 1.54) is 32.1 Å². The van der Waals surface area contributed by atoms with Gasteiger partial charge in [0.25, 0.3) is 0 Å². The molecular weight excluding hydrogens is 176 g/mol. The molecule has 0 spiro atoms. The van der Waals surface area contributed by atoms with E-state index in [0.29, 0.717) is 6.42 Å². The van der Waals surface area contributed by atoms with E-state index in [1.54, 1.807) is 0 Å². The minimum Gasteiger partial charge on any atom is -0.481 e. The predicted octanol–water partition coefficient (Wildman–Crippen LogP) is 3.66. The predicted molar refractivity (Wildman–Crippen MR) is 59.1 cm³/mol. The lowest BCUT2D eigenvalue weighted by atomic mass is 9.98. The van der Waals surface area contributed by atoms with Crippen molar-refractivity contribution >= 4 is 5.97 Å². The van der Waals surface area contributed by atoms with Gasteiger partial charge in [-0.15, -0.1) is 0 Å². The molecule has 2 nitrogen and oxygen atoms in total. The minimum absolute atomic E-state index is 0.221. The van der Waals surface area contributed by atoms with E-state index in [4.69, 9.17) is 5.11 Å². The van der Waals surface area contributed by atoms with E-state index < -0.39 is 5.97 Å². The Kier molecular flexibility index (Phi) is 8.70. The summed E-state index contributed by atoms with van der Waals surface area (Å²) in [6.07, 6.45) is 8.62. The summed E-state index contributed by atoms with van der Waals surface area (Å²) in [5, 5.41) is 8.77. The van der Waals surface area contributed by atoms with Crippen LogP contribution in [-0.2, 0) is 4.79 Å². The van der Waals surface area contributed by atoms with Crippen LogP contribution in [0.25, 0.3) is 0 Å². The zero-order valence-corrected chi connectivity index (χ0v) is 9.30. The van der Waals surface area contributed by atoms with Crippen molar-refractivity contribution in [2.24, 2.45) is 5.92 Å². The highest BCUT2D eigenvalue weighted by molar-refractivity contribution is 5.69. The van der Waals surface area contributed by atoms with Crippen molar-refractivity contribution in [2.45, 2.75) is 58.3 Å². The van der Waals surface area contributed by atoms with E-state index in [0.717, 1.165) is 12.8 Å².